The first-order chi connectivity index (χ1) is 14.3. The largest absolute Gasteiger partial charge is 0.433 e. The van der Waals surface area contributed by atoms with Gasteiger partial charge in [0.2, 0.25) is 0 Å². The van der Waals surface area contributed by atoms with Crippen molar-refractivity contribution >= 4 is 17.4 Å². The first-order valence-corrected chi connectivity index (χ1v) is 8.80. The van der Waals surface area contributed by atoms with Crippen LogP contribution in [0.3, 0.4) is 0 Å². The van der Waals surface area contributed by atoms with E-state index in [-0.39, 0.29) is 11.5 Å². The molecule has 3 aromatic heterocycles. The number of amidine groups is 1. The zero-order chi connectivity index (χ0) is 21.3. The molecule has 0 radical (unpaired) electrons. The van der Waals surface area contributed by atoms with Crippen molar-refractivity contribution in [3.63, 3.8) is 0 Å². The minimum absolute atomic E-state index is 0.242. The number of carbonyl (C=O) groups excluding carboxylic acids is 1. The molecule has 0 spiro atoms. The average Bonchev–Trinajstić information content (AvgIpc) is 3.39. The maximum atomic E-state index is 13.3. The highest BCUT2D eigenvalue weighted by atomic mass is 19.4. The molecule has 0 fully saturated rings. The van der Waals surface area contributed by atoms with Gasteiger partial charge in [0.1, 0.15) is 28.6 Å². The molecule has 154 valence electrons. The van der Waals surface area contributed by atoms with E-state index in [0.717, 1.165) is 6.54 Å². The molecule has 2 N–H and O–H groups in total. The van der Waals surface area contributed by atoms with Crippen LogP contribution in [0.15, 0.2) is 41.9 Å². The summed E-state index contributed by atoms with van der Waals surface area (Å²) in [7, 11) is 1.59. The van der Waals surface area contributed by atoms with Crippen molar-refractivity contribution in [3.05, 3.63) is 54.0 Å². The third kappa shape index (κ3) is 3.97. The Morgan fingerprint density at radius 2 is 2.07 bits per heavy atom. The molecule has 4 rings (SSSR count). The average molecular weight is 416 g/mol. The maximum absolute atomic E-state index is 13.3. The van der Waals surface area contributed by atoms with Crippen LogP contribution in [0.5, 0.6) is 0 Å². The second-order valence-electron chi connectivity index (χ2n) is 6.39. The van der Waals surface area contributed by atoms with Crippen LogP contribution in [0.2, 0.25) is 0 Å². The van der Waals surface area contributed by atoms with Gasteiger partial charge in [0, 0.05) is 19.7 Å². The minimum atomic E-state index is -4.75. The van der Waals surface area contributed by atoms with Gasteiger partial charge in [0.25, 0.3) is 5.91 Å². The summed E-state index contributed by atoms with van der Waals surface area (Å²) in [6, 6.07) is 3.83. The van der Waals surface area contributed by atoms with Crippen molar-refractivity contribution in [2.45, 2.75) is 6.18 Å². The summed E-state index contributed by atoms with van der Waals surface area (Å²) >= 11 is 0. The van der Waals surface area contributed by atoms with E-state index in [2.05, 4.69) is 35.6 Å². The summed E-state index contributed by atoms with van der Waals surface area (Å²) in [6.07, 6.45) is -0.637. The lowest BCUT2D eigenvalue weighted by Gasteiger charge is -2.11. The molecule has 1 aliphatic rings. The molecule has 12 heteroatoms. The van der Waals surface area contributed by atoms with E-state index in [1.165, 1.54) is 23.3 Å². The summed E-state index contributed by atoms with van der Waals surface area (Å²) in [5, 5.41) is 5.57. The number of carbonyl (C=O) groups is 1. The van der Waals surface area contributed by atoms with Gasteiger partial charge in [0.15, 0.2) is 5.82 Å². The quantitative estimate of drug-likeness (QED) is 0.672. The molecule has 0 aromatic carbocycles. The lowest BCUT2D eigenvalue weighted by Crippen LogP contribution is -2.21. The number of aliphatic imine (C=N–C) groups is 1. The molecule has 4 heterocycles. The second kappa shape index (κ2) is 7.54. The number of alkyl halides is 3. The normalized spacial score (nSPS) is 13.7. The topological polar surface area (TPSA) is 110 Å². The van der Waals surface area contributed by atoms with E-state index in [1.807, 2.05) is 0 Å². The van der Waals surface area contributed by atoms with E-state index in [4.69, 9.17) is 0 Å². The lowest BCUT2D eigenvalue weighted by molar-refractivity contribution is -0.141. The standard InChI is InChI=1S/C18H15F3N8O/c1-29-9-22-8-13(29)16-27-12(6-14(28-16)18(19,20)21)17(30)26-10-2-3-11(25-7-10)15-23-4-5-24-15/h2-3,6-9H,4-5H2,1H3,(H,23,24)(H,26,30). The molecule has 1 amide bonds. The first-order valence-electron chi connectivity index (χ1n) is 8.80. The highest BCUT2D eigenvalue weighted by molar-refractivity contribution is 6.03. The fraction of sp³-hybridized carbons (Fsp3) is 0.222. The van der Waals surface area contributed by atoms with Crippen LogP contribution >= 0.6 is 0 Å². The molecule has 0 saturated carbocycles. The van der Waals surface area contributed by atoms with Crippen LogP contribution < -0.4 is 10.6 Å². The van der Waals surface area contributed by atoms with Gasteiger partial charge >= 0.3 is 6.18 Å². The molecular formula is C18H15F3N8O. The van der Waals surface area contributed by atoms with Gasteiger partial charge in [-0.25, -0.2) is 15.0 Å². The Morgan fingerprint density at radius 1 is 1.23 bits per heavy atom. The molecule has 0 bridgehead atoms. The van der Waals surface area contributed by atoms with Crippen molar-refractivity contribution in [2.75, 3.05) is 18.4 Å². The number of amides is 1. The van der Waals surface area contributed by atoms with Gasteiger partial charge in [-0.3, -0.25) is 14.8 Å². The van der Waals surface area contributed by atoms with Crippen molar-refractivity contribution in [1.29, 1.82) is 0 Å². The van der Waals surface area contributed by atoms with Crippen molar-refractivity contribution < 1.29 is 18.0 Å². The Hall–Kier alpha value is -3.83. The number of hydrogen-bond acceptors (Lipinski definition) is 7. The maximum Gasteiger partial charge on any atom is 0.433 e. The number of halogens is 3. The van der Waals surface area contributed by atoms with Crippen LogP contribution in [0.4, 0.5) is 18.9 Å². The number of anilines is 1. The van der Waals surface area contributed by atoms with Gasteiger partial charge in [-0.05, 0) is 12.1 Å². The van der Waals surface area contributed by atoms with Crippen LogP contribution in [-0.4, -0.2) is 49.3 Å². The predicted octanol–water partition coefficient (Wildman–Crippen LogP) is 1.89. The van der Waals surface area contributed by atoms with Gasteiger partial charge in [-0.15, -0.1) is 0 Å². The van der Waals surface area contributed by atoms with Crippen molar-refractivity contribution in [2.24, 2.45) is 12.0 Å². The van der Waals surface area contributed by atoms with Crippen LogP contribution in [0.25, 0.3) is 11.5 Å². The zero-order valence-electron chi connectivity index (χ0n) is 15.6. The second-order valence-corrected chi connectivity index (χ2v) is 6.39. The highest BCUT2D eigenvalue weighted by Gasteiger charge is 2.34. The molecule has 0 unspecified atom stereocenters. The number of aryl methyl sites for hydroxylation is 1. The number of imidazole rings is 1. The number of aromatic nitrogens is 5. The van der Waals surface area contributed by atoms with Crippen LogP contribution in [-0.2, 0) is 13.2 Å². The molecule has 30 heavy (non-hydrogen) atoms. The molecule has 1 aliphatic heterocycles. The molecule has 0 atom stereocenters. The summed E-state index contributed by atoms with van der Waals surface area (Å²) < 4.78 is 41.4. The molecular weight excluding hydrogens is 401 g/mol. The highest BCUT2D eigenvalue weighted by Crippen LogP contribution is 2.29. The monoisotopic (exact) mass is 416 g/mol. The van der Waals surface area contributed by atoms with E-state index in [9.17, 15) is 18.0 Å². The van der Waals surface area contributed by atoms with Gasteiger partial charge in [0.05, 0.1) is 31.0 Å². The van der Waals surface area contributed by atoms with E-state index in [0.29, 0.717) is 29.8 Å². The SMILES string of the molecule is Cn1cncc1-c1nc(C(=O)Nc2ccc(C3=NCCN3)nc2)cc(C(F)(F)F)n1. The Labute approximate surface area is 168 Å². The molecule has 3 aromatic rings. The number of pyridine rings is 1. The summed E-state index contributed by atoms with van der Waals surface area (Å²) in [4.78, 5) is 32.4. The van der Waals surface area contributed by atoms with Crippen molar-refractivity contribution in [3.8, 4) is 11.5 Å². The smallest absolute Gasteiger partial charge is 0.367 e. The van der Waals surface area contributed by atoms with E-state index in [1.54, 1.807) is 19.2 Å². The third-order valence-corrected chi connectivity index (χ3v) is 4.23. The number of hydrogen-bond donors (Lipinski definition) is 2. The van der Waals surface area contributed by atoms with E-state index >= 15 is 0 Å². The Bertz CT molecular complexity index is 1120. The summed E-state index contributed by atoms with van der Waals surface area (Å²) in [5.74, 6) is -0.426. The fourth-order valence-electron chi connectivity index (χ4n) is 2.77. The number of rotatable bonds is 4. The third-order valence-electron chi connectivity index (χ3n) is 4.23. The Balaban J connectivity index is 1.62. The van der Waals surface area contributed by atoms with Gasteiger partial charge in [-0.2, -0.15) is 13.2 Å². The van der Waals surface area contributed by atoms with Gasteiger partial charge in [-0.1, -0.05) is 0 Å². The van der Waals surface area contributed by atoms with Crippen LogP contribution in [0, 0.1) is 0 Å². The Morgan fingerprint density at radius 3 is 2.67 bits per heavy atom. The molecule has 9 nitrogen and oxygen atoms in total. The lowest BCUT2D eigenvalue weighted by atomic mass is 10.2. The molecule has 0 aliphatic carbocycles. The zero-order valence-corrected chi connectivity index (χ0v) is 15.6. The first kappa shape index (κ1) is 19.5. The number of nitrogens with one attached hydrogen (secondary N) is 2. The summed E-state index contributed by atoms with van der Waals surface area (Å²) in [5.41, 5.74) is -0.509. The fourth-order valence-corrected chi connectivity index (χ4v) is 2.77. The van der Waals surface area contributed by atoms with Crippen LogP contribution in [0.1, 0.15) is 21.9 Å². The molecule has 0 saturated heterocycles. The predicted molar refractivity (Wildman–Crippen MR) is 101 cm³/mol. The number of nitrogens with zero attached hydrogens (tertiary/aromatic N) is 6. The Kier molecular flexibility index (Phi) is 4.90. The summed E-state index contributed by atoms with van der Waals surface area (Å²) in [6.45, 7) is 1.38. The van der Waals surface area contributed by atoms with Crippen molar-refractivity contribution in [1.82, 2.24) is 29.8 Å². The minimum Gasteiger partial charge on any atom is -0.367 e. The van der Waals surface area contributed by atoms with E-state index < -0.39 is 23.5 Å². The van der Waals surface area contributed by atoms with Gasteiger partial charge < -0.3 is 15.2 Å².